The summed E-state index contributed by atoms with van der Waals surface area (Å²) in [6.45, 7) is 2.65. The predicted molar refractivity (Wildman–Crippen MR) is 111 cm³/mol. The maximum atomic E-state index is 13.9. The molecule has 1 amide bonds. The van der Waals surface area contributed by atoms with E-state index in [9.17, 15) is 17.6 Å². The van der Waals surface area contributed by atoms with E-state index in [1.165, 1.54) is 30.0 Å². The van der Waals surface area contributed by atoms with E-state index in [0.717, 1.165) is 38.4 Å². The summed E-state index contributed by atoms with van der Waals surface area (Å²) < 4.78 is 41.4. The van der Waals surface area contributed by atoms with E-state index >= 15 is 0 Å². The number of thioether (sulfide) groups is 1. The Balaban J connectivity index is 1.94. The van der Waals surface area contributed by atoms with Crippen LogP contribution in [0.25, 0.3) is 0 Å². The summed E-state index contributed by atoms with van der Waals surface area (Å²) in [6.07, 6.45) is 5.34. The first kappa shape index (κ1) is 23.1. The van der Waals surface area contributed by atoms with Crippen LogP contribution in [0.4, 0.5) is 4.39 Å². The van der Waals surface area contributed by atoms with Gasteiger partial charge >= 0.3 is 0 Å². The lowest BCUT2D eigenvalue weighted by molar-refractivity contribution is -0.122. The van der Waals surface area contributed by atoms with E-state index in [-0.39, 0.29) is 5.91 Å². The number of halogens is 1. The molecular weight excluding hydrogens is 401 g/mol. The molecule has 1 atom stereocenters. The van der Waals surface area contributed by atoms with Crippen molar-refractivity contribution in [2.45, 2.75) is 36.6 Å². The lowest BCUT2D eigenvalue weighted by Crippen LogP contribution is -2.47. The van der Waals surface area contributed by atoms with Crippen LogP contribution in [0, 0.1) is 11.7 Å². The highest BCUT2D eigenvalue weighted by Crippen LogP contribution is 2.19. The van der Waals surface area contributed by atoms with Crippen LogP contribution in [0.5, 0.6) is 0 Å². The number of benzene rings is 1. The van der Waals surface area contributed by atoms with E-state index < -0.39 is 26.8 Å². The molecule has 0 aliphatic carbocycles. The summed E-state index contributed by atoms with van der Waals surface area (Å²) in [4.78, 5) is 14.4. The van der Waals surface area contributed by atoms with E-state index in [2.05, 4.69) is 22.0 Å². The second kappa shape index (κ2) is 11.1. The van der Waals surface area contributed by atoms with Gasteiger partial charge in [0, 0.05) is 6.54 Å². The number of hydrogen-bond acceptors (Lipinski definition) is 5. The van der Waals surface area contributed by atoms with Crippen LogP contribution in [-0.2, 0) is 14.8 Å². The van der Waals surface area contributed by atoms with Crippen molar-refractivity contribution in [3.8, 4) is 0 Å². The lowest BCUT2D eigenvalue weighted by atomic mass is 9.94. The number of carbonyl (C=O) groups is 1. The normalized spacial score (nSPS) is 17.4. The summed E-state index contributed by atoms with van der Waals surface area (Å²) in [7, 11) is -2.01. The summed E-state index contributed by atoms with van der Waals surface area (Å²) in [5.41, 5.74) is 0. The first-order chi connectivity index (χ1) is 13.3. The van der Waals surface area contributed by atoms with Gasteiger partial charge in [-0.1, -0.05) is 12.1 Å². The molecule has 0 radical (unpaired) electrons. The standard InChI is InChI=1S/C19H30FN3O3S2/c1-23-12-8-15(9-13-23)7-11-21-19(24)17(10-14-27-2)22-28(25,26)18-6-4-3-5-16(18)20/h3-6,15,17,22H,7-14H2,1-2H3,(H,21,24). The van der Waals surface area contributed by atoms with Gasteiger partial charge in [0.2, 0.25) is 15.9 Å². The monoisotopic (exact) mass is 431 g/mol. The van der Waals surface area contributed by atoms with Gasteiger partial charge in [-0.15, -0.1) is 0 Å². The topological polar surface area (TPSA) is 78.5 Å². The zero-order valence-electron chi connectivity index (χ0n) is 16.5. The number of nitrogens with one attached hydrogen (secondary N) is 2. The Morgan fingerprint density at radius 2 is 2.00 bits per heavy atom. The van der Waals surface area contributed by atoms with Crippen LogP contribution in [-0.4, -0.2) is 64.0 Å². The second-order valence-corrected chi connectivity index (χ2v) is 9.88. The minimum Gasteiger partial charge on any atom is -0.355 e. The number of amides is 1. The van der Waals surface area contributed by atoms with Gasteiger partial charge in [0.05, 0.1) is 0 Å². The van der Waals surface area contributed by atoms with Crippen molar-refractivity contribution in [3.05, 3.63) is 30.1 Å². The van der Waals surface area contributed by atoms with Crippen molar-refractivity contribution in [2.75, 3.05) is 38.7 Å². The minimum atomic E-state index is -4.12. The number of carbonyl (C=O) groups excluding carboxylic acids is 1. The molecule has 0 spiro atoms. The van der Waals surface area contributed by atoms with Crippen LogP contribution >= 0.6 is 11.8 Å². The Morgan fingerprint density at radius 3 is 2.64 bits per heavy atom. The first-order valence-corrected chi connectivity index (χ1v) is 12.4. The third-order valence-electron chi connectivity index (χ3n) is 5.04. The molecule has 6 nitrogen and oxygen atoms in total. The fourth-order valence-electron chi connectivity index (χ4n) is 3.27. The SMILES string of the molecule is CSCCC(NS(=O)(=O)c1ccccc1F)C(=O)NCCC1CCN(C)CC1. The van der Waals surface area contributed by atoms with Crippen LogP contribution in [0.1, 0.15) is 25.7 Å². The number of likely N-dealkylation sites (tertiary alicyclic amines) is 1. The van der Waals surface area contributed by atoms with Crippen molar-refractivity contribution in [1.82, 2.24) is 14.9 Å². The number of nitrogens with zero attached hydrogens (tertiary/aromatic N) is 1. The molecule has 1 aliphatic rings. The molecule has 2 rings (SSSR count). The van der Waals surface area contributed by atoms with Crippen molar-refractivity contribution in [2.24, 2.45) is 5.92 Å². The Morgan fingerprint density at radius 1 is 1.32 bits per heavy atom. The van der Waals surface area contributed by atoms with Crippen molar-refractivity contribution < 1.29 is 17.6 Å². The molecular formula is C19H30FN3O3S2. The van der Waals surface area contributed by atoms with Crippen LogP contribution < -0.4 is 10.0 Å². The molecule has 28 heavy (non-hydrogen) atoms. The summed E-state index contributed by atoms with van der Waals surface area (Å²) in [6, 6.07) is 4.24. The molecule has 9 heteroatoms. The molecule has 2 N–H and O–H groups in total. The van der Waals surface area contributed by atoms with Gasteiger partial charge in [0.15, 0.2) is 0 Å². The molecule has 1 heterocycles. The molecule has 1 saturated heterocycles. The van der Waals surface area contributed by atoms with Crippen molar-refractivity contribution in [1.29, 1.82) is 0 Å². The average Bonchev–Trinajstić information content (AvgIpc) is 2.66. The molecule has 1 aromatic carbocycles. The highest BCUT2D eigenvalue weighted by Gasteiger charge is 2.27. The maximum absolute atomic E-state index is 13.9. The molecule has 1 aliphatic heterocycles. The molecule has 158 valence electrons. The van der Waals surface area contributed by atoms with Crippen LogP contribution in [0.3, 0.4) is 0 Å². The Kier molecular flexibility index (Phi) is 9.20. The third-order valence-corrected chi connectivity index (χ3v) is 7.19. The average molecular weight is 432 g/mol. The van der Waals surface area contributed by atoms with Gasteiger partial charge in [-0.2, -0.15) is 16.5 Å². The lowest BCUT2D eigenvalue weighted by Gasteiger charge is -2.29. The Labute approximate surface area is 171 Å². The largest absolute Gasteiger partial charge is 0.355 e. The number of rotatable bonds is 10. The van der Waals surface area contributed by atoms with Gasteiger partial charge in [-0.25, -0.2) is 12.8 Å². The number of piperidine rings is 1. The van der Waals surface area contributed by atoms with Crippen molar-refractivity contribution >= 4 is 27.7 Å². The molecule has 1 fully saturated rings. The van der Waals surface area contributed by atoms with E-state index in [1.807, 2.05) is 6.26 Å². The van der Waals surface area contributed by atoms with Crippen LogP contribution in [0.2, 0.25) is 0 Å². The molecule has 0 saturated carbocycles. The quantitative estimate of drug-likeness (QED) is 0.593. The molecule has 0 bridgehead atoms. The maximum Gasteiger partial charge on any atom is 0.244 e. The van der Waals surface area contributed by atoms with Gasteiger partial charge in [0.1, 0.15) is 16.8 Å². The van der Waals surface area contributed by atoms with E-state index in [4.69, 9.17) is 0 Å². The number of sulfonamides is 1. The van der Waals surface area contributed by atoms with E-state index in [0.29, 0.717) is 24.6 Å². The molecule has 0 aromatic heterocycles. The minimum absolute atomic E-state index is 0.342. The van der Waals surface area contributed by atoms with Gasteiger partial charge < -0.3 is 10.2 Å². The summed E-state index contributed by atoms with van der Waals surface area (Å²) in [5, 5.41) is 2.86. The van der Waals surface area contributed by atoms with Gasteiger partial charge in [0.25, 0.3) is 0 Å². The summed E-state index contributed by atoms with van der Waals surface area (Å²) in [5.74, 6) is 0.00626. The highest BCUT2D eigenvalue weighted by molar-refractivity contribution is 7.98. The number of hydrogen-bond donors (Lipinski definition) is 2. The highest BCUT2D eigenvalue weighted by atomic mass is 32.2. The predicted octanol–water partition coefficient (Wildman–Crippen LogP) is 2.07. The van der Waals surface area contributed by atoms with Crippen molar-refractivity contribution in [3.63, 3.8) is 0 Å². The smallest absolute Gasteiger partial charge is 0.244 e. The molecule has 1 unspecified atom stereocenters. The Bertz CT molecular complexity index is 738. The zero-order chi connectivity index (χ0) is 20.6. The van der Waals surface area contributed by atoms with E-state index in [1.54, 1.807) is 0 Å². The van der Waals surface area contributed by atoms with Crippen LogP contribution in [0.15, 0.2) is 29.2 Å². The first-order valence-electron chi connectivity index (χ1n) is 9.55. The van der Waals surface area contributed by atoms with Gasteiger partial charge in [-0.05, 0) is 75.9 Å². The summed E-state index contributed by atoms with van der Waals surface area (Å²) >= 11 is 1.53. The third kappa shape index (κ3) is 7.02. The van der Waals surface area contributed by atoms with Gasteiger partial charge in [-0.3, -0.25) is 4.79 Å². The second-order valence-electron chi connectivity index (χ2n) is 7.21. The Hall–Kier alpha value is -1.16. The zero-order valence-corrected chi connectivity index (χ0v) is 18.1. The molecule has 1 aromatic rings. The fourth-order valence-corrected chi connectivity index (χ4v) is 5.05. The fraction of sp³-hybridized carbons (Fsp3) is 0.632.